The van der Waals surface area contributed by atoms with E-state index in [0.29, 0.717) is 23.4 Å². The summed E-state index contributed by atoms with van der Waals surface area (Å²) in [6, 6.07) is 8.71. The molecule has 0 aliphatic rings. The first-order valence-corrected chi connectivity index (χ1v) is 6.17. The number of rotatable bonds is 4. The second-order valence-electron chi connectivity index (χ2n) is 5.07. The molecule has 1 N–H and O–H groups in total. The first-order chi connectivity index (χ1) is 7.91. The van der Waals surface area contributed by atoms with Crippen molar-refractivity contribution in [2.75, 3.05) is 0 Å². The number of ketones is 1. The van der Waals surface area contributed by atoms with Crippen LogP contribution in [0.1, 0.15) is 40.5 Å². The van der Waals surface area contributed by atoms with Crippen LogP contribution in [0.4, 0.5) is 0 Å². The van der Waals surface area contributed by atoms with E-state index in [-0.39, 0.29) is 0 Å². The molecule has 0 aromatic heterocycles. The smallest absolute Gasteiger partial charge is 0.133 e. The van der Waals surface area contributed by atoms with Gasteiger partial charge in [0, 0.05) is 12.8 Å². The molecule has 0 atom stereocenters. The van der Waals surface area contributed by atoms with Crippen LogP contribution >= 0.6 is 0 Å². The fraction of sp³-hybridized carbons (Fsp3) is 0.533. The van der Waals surface area contributed by atoms with Crippen LogP contribution in [0.5, 0.6) is 5.75 Å². The summed E-state index contributed by atoms with van der Waals surface area (Å²) in [5, 5.41) is 8.63. The summed E-state index contributed by atoms with van der Waals surface area (Å²) in [4.78, 5) is 11.1. The maximum Gasteiger partial charge on any atom is 0.133 e. The summed E-state index contributed by atoms with van der Waals surface area (Å²) >= 11 is 0. The van der Waals surface area contributed by atoms with Gasteiger partial charge in [-0.3, -0.25) is 4.79 Å². The number of aromatic hydroxyl groups is 1. The molecule has 0 fully saturated rings. The minimum absolute atomic E-state index is 0.322. The molecular formula is C15H24O2. The van der Waals surface area contributed by atoms with Crippen molar-refractivity contribution in [3.8, 4) is 5.75 Å². The first kappa shape index (κ1) is 15.7. The van der Waals surface area contributed by atoms with Crippen molar-refractivity contribution < 1.29 is 9.90 Å². The average molecular weight is 236 g/mol. The molecule has 0 aliphatic heterocycles. The van der Waals surface area contributed by atoms with Gasteiger partial charge in [-0.15, -0.1) is 0 Å². The Morgan fingerprint density at radius 2 is 1.41 bits per heavy atom. The van der Waals surface area contributed by atoms with Crippen LogP contribution in [0.15, 0.2) is 30.3 Å². The van der Waals surface area contributed by atoms with Gasteiger partial charge in [0.1, 0.15) is 11.5 Å². The number of para-hydroxylation sites is 1. The lowest BCUT2D eigenvalue weighted by Gasteiger charge is -2.05. The summed E-state index contributed by atoms with van der Waals surface area (Å²) < 4.78 is 0. The van der Waals surface area contributed by atoms with Gasteiger partial charge in [0.15, 0.2) is 0 Å². The van der Waals surface area contributed by atoms with Gasteiger partial charge in [0.25, 0.3) is 0 Å². The number of benzene rings is 1. The lowest BCUT2D eigenvalue weighted by atomic mass is 10.00. The number of carbonyl (C=O) groups is 1. The maximum atomic E-state index is 11.1. The topological polar surface area (TPSA) is 37.3 Å². The molecule has 2 heteroatoms. The quantitative estimate of drug-likeness (QED) is 0.856. The maximum absolute atomic E-state index is 11.1. The largest absolute Gasteiger partial charge is 0.508 e. The highest BCUT2D eigenvalue weighted by Crippen LogP contribution is 2.07. The predicted molar refractivity (Wildman–Crippen MR) is 72.0 cm³/mol. The van der Waals surface area contributed by atoms with Gasteiger partial charge >= 0.3 is 0 Å². The Morgan fingerprint density at radius 1 is 1.00 bits per heavy atom. The molecular weight excluding hydrogens is 212 g/mol. The van der Waals surface area contributed by atoms with Gasteiger partial charge in [-0.05, 0) is 24.0 Å². The van der Waals surface area contributed by atoms with Gasteiger partial charge in [0.05, 0.1) is 0 Å². The third kappa shape index (κ3) is 11.0. The SMILES string of the molecule is CC(C)CC(=O)CC(C)C.Oc1ccccc1. The van der Waals surface area contributed by atoms with Crippen LogP contribution in [0.2, 0.25) is 0 Å². The molecule has 0 amide bonds. The van der Waals surface area contributed by atoms with Gasteiger partial charge in [-0.2, -0.15) is 0 Å². The first-order valence-electron chi connectivity index (χ1n) is 6.17. The van der Waals surface area contributed by atoms with E-state index in [9.17, 15) is 4.79 Å². The zero-order chi connectivity index (χ0) is 13.3. The zero-order valence-electron chi connectivity index (χ0n) is 11.3. The second kappa shape index (κ2) is 8.80. The van der Waals surface area contributed by atoms with Gasteiger partial charge in [-0.1, -0.05) is 45.9 Å². The standard InChI is InChI=1S/C9H18O.C6H6O/c1-7(2)5-9(10)6-8(3)4;7-6-4-2-1-3-5-6/h7-8H,5-6H2,1-4H3;1-5,7H. The highest BCUT2D eigenvalue weighted by atomic mass is 16.3. The Hall–Kier alpha value is -1.31. The summed E-state index contributed by atoms with van der Waals surface area (Å²) in [7, 11) is 0. The van der Waals surface area contributed by atoms with Crippen molar-refractivity contribution in [2.45, 2.75) is 40.5 Å². The van der Waals surface area contributed by atoms with Crippen molar-refractivity contribution >= 4 is 5.78 Å². The Labute approximate surface area is 105 Å². The molecule has 0 radical (unpaired) electrons. The molecule has 2 nitrogen and oxygen atoms in total. The molecule has 1 aromatic carbocycles. The van der Waals surface area contributed by atoms with Crippen molar-refractivity contribution in [3.63, 3.8) is 0 Å². The lowest BCUT2D eigenvalue weighted by Crippen LogP contribution is -2.05. The normalized spacial score (nSPS) is 10.0. The summed E-state index contributed by atoms with van der Waals surface area (Å²) in [5.41, 5.74) is 0. The van der Waals surface area contributed by atoms with Crippen LogP contribution in [-0.2, 0) is 4.79 Å². The lowest BCUT2D eigenvalue weighted by molar-refractivity contribution is -0.120. The van der Waals surface area contributed by atoms with Crippen LogP contribution < -0.4 is 0 Å². The fourth-order valence-corrected chi connectivity index (χ4v) is 1.42. The van der Waals surface area contributed by atoms with Crippen molar-refractivity contribution in [2.24, 2.45) is 11.8 Å². The number of phenolic OH excluding ortho intramolecular Hbond substituents is 1. The minimum atomic E-state index is 0.322. The van der Waals surface area contributed by atoms with Crippen molar-refractivity contribution in [1.29, 1.82) is 0 Å². The Morgan fingerprint density at radius 3 is 1.65 bits per heavy atom. The third-order valence-corrected chi connectivity index (χ3v) is 2.03. The van der Waals surface area contributed by atoms with Crippen molar-refractivity contribution in [3.05, 3.63) is 30.3 Å². The zero-order valence-corrected chi connectivity index (χ0v) is 11.3. The van der Waals surface area contributed by atoms with E-state index in [1.165, 1.54) is 0 Å². The summed E-state index contributed by atoms with van der Waals surface area (Å²) in [6.07, 6.45) is 1.50. The molecule has 0 saturated carbocycles. The van der Waals surface area contributed by atoms with Crippen LogP contribution in [0.25, 0.3) is 0 Å². The molecule has 0 spiro atoms. The summed E-state index contributed by atoms with van der Waals surface area (Å²) in [6.45, 7) is 8.33. The molecule has 0 heterocycles. The van der Waals surface area contributed by atoms with E-state index >= 15 is 0 Å². The third-order valence-electron chi connectivity index (χ3n) is 2.03. The van der Waals surface area contributed by atoms with E-state index in [4.69, 9.17) is 5.11 Å². The highest BCUT2D eigenvalue weighted by Gasteiger charge is 2.06. The van der Waals surface area contributed by atoms with Gasteiger partial charge in [-0.25, -0.2) is 0 Å². The Balaban J connectivity index is 0.000000318. The van der Waals surface area contributed by atoms with E-state index < -0.39 is 0 Å². The fourth-order valence-electron chi connectivity index (χ4n) is 1.42. The molecule has 0 aliphatic carbocycles. The molecule has 1 rings (SSSR count). The van der Waals surface area contributed by atoms with E-state index in [1.807, 2.05) is 6.07 Å². The van der Waals surface area contributed by atoms with Crippen molar-refractivity contribution in [1.82, 2.24) is 0 Å². The number of Topliss-reactive ketones (excluding diaryl/α,β-unsaturated/α-hetero) is 1. The van der Waals surface area contributed by atoms with Crippen LogP contribution in [0, 0.1) is 11.8 Å². The second-order valence-corrected chi connectivity index (χ2v) is 5.07. The molecule has 96 valence electrons. The predicted octanol–water partition coefficient (Wildman–Crippen LogP) is 4.04. The monoisotopic (exact) mass is 236 g/mol. The minimum Gasteiger partial charge on any atom is -0.508 e. The van der Waals surface area contributed by atoms with Gasteiger partial charge < -0.3 is 5.11 Å². The van der Waals surface area contributed by atoms with Gasteiger partial charge in [0.2, 0.25) is 0 Å². The molecule has 17 heavy (non-hydrogen) atoms. The van der Waals surface area contributed by atoms with Crippen LogP contribution in [-0.4, -0.2) is 10.9 Å². The summed E-state index contributed by atoms with van der Waals surface area (Å²) in [5.74, 6) is 1.77. The van der Waals surface area contributed by atoms with E-state index in [2.05, 4.69) is 27.7 Å². The number of carbonyl (C=O) groups excluding carboxylic acids is 1. The molecule has 1 aromatic rings. The number of hydrogen-bond acceptors (Lipinski definition) is 2. The van der Waals surface area contributed by atoms with E-state index in [1.54, 1.807) is 24.3 Å². The number of phenols is 1. The average Bonchev–Trinajstić information content (AvgIpc) is 2.16. The van der Waals surface area contributed by atoms with E-state index in [0.717, 1.165) is 12.8 Å². The highest BCUT2D eigenvalue weighted by molar-refractivity contribution is 5.78. The van der Waals surface area contributed by atoms with Crippen LogP contribution in [0.3, 0.4) is 0 Å². The number of hydrogen-bond donors (Lipinski definition) is 1. The molecule has 0 saturated heterocycles. The Bertz CT molecular complexity index is 290. The molecule has 0 unspecified atom stereocenters. The Kier molecular flexibility index (Phi) is 8.12. The molecule has 0 bridgehead atoms.